The Balaban J connectivity index is 2.67. The van der Waals surface area contributed by atoms with Crippen molar-refractivity contribution in [1.82, 2.24) is 5.32 Å². The number of carbonyl (C=O) groups is 1. The Hall–Kier alpha value is -2.11. The van der Waals surface area contributed by atoms with Crippen LogP contribution in [0.2, 0.25) is 0 Å². The molecule has 0 saturated heterocycles. The van der Waals surface area contributed by atoms with Crippen molar-refractivity contribution < 1.29 is 9.72 Å². The van der Waals surface area contributed by atoms with Crippen LogP contribution in [0.3, 0.4) is 0 Å². The molecule has 1 aromatic rings. The van der Waals surface area contributed by atoms with Crippen LogP contribution < -0.4 is 11.1 Å². The first kappa shape index (κ1) is 16.9. The number of carbonyl (C=O) groups excluding carboxylic acids is 1. The molecule has 0 bridgehead atoms. The van der Waals surface area contributed by atoms with Crippen LogP contribution in [0.25, 0.3) is 0 Å². The van der Waals surface area contributed by atoms with Crippen molar-refractivity contribution >= 4 is 17.3 Å². The largest absolute Gasteiger partial charge is 0.393 e. The maximum atomic E-state index is 12.1. The van der Waals surface area contributed by atoms with Gasteiger partial charge in [0.2, 0.25) is 0 Å². The van der Waals surface area contributed by atoms with E-state index >= 15 is 0 Å². The van der Waals surface area contributed by atoms with E-state index in [0.29, 0.717) is 5.92 Å². The molecule has 1 amide bonds. The number of anilines is 1. The van der Waals surface area contributed by atoms with Crippen molar-refractivity contribution in [3.63, 3.8) is 0 Å². The fourth-order valence-corrected chi connectivity index (χ4v) is 2.12. The molecule has 116 valence electrons. The van der Waals surface area contributed by atoms with E-state index in [1.807, 2.05) is 6.92 Å². The molecule has 0 heterocycles. The lowest BCUT2D eigenvalue weighted by atomic mass is 10.0. The third kappa shape index (κ3) is 5.06. The van der Waals surface area contributed by atoms with Gasteiger partial charge in [0.1, 0.15) is 5.69 Å². The topological polar surface area (TPSA) is 98.3 Å². The zero-order valence-corrected chi connectivity index (χ0v) is 12.8. The molecular formula is C15H23N3O3. The minimum absolute atomic E-state index is 0.00918. The Morgan fingerprint density at radius 2 is 2.00 bits per heavy atom. The van der Waals surface area contributed by atoms with Crippen molar-refractivity contribution in [2.75, 3.05) is 5.73 Å². The molecule has 0 spiro atoms. The molecule has 6 nitrogen and oxygen atoms in total. The van der Waals surface area contributed by atoms with Crippen LogP contribution in [0.4, 0.5) is 11.4 Å². The maximum Gasteiger partial charge on any atom is 0.292 e. The summed E-state index contributed by atoms with van der Waals surface area (Å²) in [5.41, 5.74) is 5.52. The smallest absolute Gasteiger partial charge is 0.292 e. The Labute approximate surface area is 124 Å². The number of hydrogen-bond donors (Lipinski definition) is 2. The van der Waals surface area contributed by atoms with Crippen molar-refractivity contribution in [1.29, 1.82) is 0 Å². The second-order valence-electron chi connectivity index (χ2n) is 5.69. The first-order valence-electron chi connectivity index (χ1n) is 7.16. The normalized spacial score (nSPS) is 12.2. The highest BCUT2D eigenvalue weighted by atomic mass is 16.6. The van der Waals surface area contributed by atoms with Gasteiger partial charge in [-0.1, -0.05) is 32.8 Å². The number of nitro benzene ring substituents is 1. The van der Waals surface area contributed by atoms with E-state index < -0.39 is 4.92 Å². The summed E-state index contributed by atoms with van der Waals surface area (Å²) < 4.78 is 0. The van der Waals surface area contributed by atoms with Crippen LogP contribution in [-0.2, 0) is 0 Å². The number of nitrogens with two attached hydrogens (primary N) is 1. The standard InChI is InChI=1S/C15H23N3O3/c1-10(2)6-4-7-11(3)17-15(19)12-8-5-9-13(14(12)16)18(20)21/h5,8-11H,4,6-7,16H2,1-3H3,(H,17,19). The summed E-state index contributed by atoms with van der Waals surface area (Å²) in [5.74, 6) is 0.272. The van der Waals surface area contributed by atoms with E-state index in [1.165, 1.54) is 18.2 Å². The zero-order chi connectivity index (χ0) is 16.0. The van der Waals surface area contributed by atoms with Gasteiger partial charge in [0, 0.05) is 12.1 Å². The Kier molecular flexibility index (Phi) is 6.14. The second kappa shape index (κ2) is 7.61. The van der Waals surface area contributed by atoms with Gasteiger partial charge >= 0.3 is 0 Å². The van der Waals surface area contributed by atoms with Crippen molar-refractivity contribution in [3.05, 3.63) is 33.9 Å². The molecule has 21 heavy (non-hydrogen) atoms. The number of hydrogen-bond acceptors (Lipinski definition) is 4. The third-order valence-electron chi connectivity index (χ3n) is 3.32. The molecule has 1 unspecified atom stereocenters. The Bertz CT molecular complexity index is 515. The van der Waals surface area contributed by atoms with Gasteiger partial charge < -0.3 is 11.1 Å². The summed E-state index contributed by atoms with van der Waals surface area (Å²) in [6.45, 7) is 6.24. The third-order valence-corrected chi connectivity index (χ3v) is 3.32. The first-order valence-corrected chi connectivity index (χ1v) is 7.16. The molecule has 1 aromatic carbocycles. The van der Waals surface area contributed by atoms with Gasteiger partial charge in [0.15, 0.2) is 0 Å². The summed E-state index contributed by atoms with van der Waals surface area (Å²) >= 11 is 0. The highest BCUT2D eigenvalue weighted by Gasteiger charge is 2.19. The Morgan fingerprint density at radius 3 is 2.57 bits per heavy atom. The van der Waals surface area contributed by atoms with E-state index in [0.717, 1.165) is 19.3 Å². The number of benzene rings is 1. The van der Waals surface area contributed by atoms with E-state index in [2.05, 4.69) is 19.2 Å². The summed E-state index contributed by atoms with van der Waals surface area (Å²) in [6.07, 6.45) is 3.02. The van der Waals surface area contributed by atoms with Crippen LogP contribution in [0.15, 0.2) is 18.2 Å². The molecule has 0 aromatic heterocycles. The molecular weight excluding hydrogens is 270 g/mol. The molecule has 0 saturated carbocycles. The summed E-state index contributed by atoms with van der Waals surface area (Å²) in [6, 6.07) is 4.26. The summed E-state index contributed by atoms with van der Waals surface area (Å²) in [4.78, 5) is 22.4. The van der Waals surface area contributed by atoms with Crippen molar-refractivity contribution in [2.45, 2.75) is 46.1 Å². The predicted molar refractivity (Wildman–Crippen MR) is 83.1 cm³/mol. The van der Waals surface area contributed by atoms with Gasteiger partial charge in [-0.3, -0.25) is 14.9 Å². The lowest BCUT2D eigenvalue weighted by Gasteiger charge is -2.15. The van der Waals surface area contributed by atoms with Gasteiger partial charge in [0.25, 0.3) is 11.6 Å². The minimum Gasteiger partial charge on any atom is -0.393 e. The summed E-state index contributed by atoms with van der Waals surface area (Å²) in [5, 5.41) is 13.7. The van der Waals surface area contributed by atoms with Crippen LogP contribution in [-0.4, -0.2) is 16.9 Å². The van der Waals surface area contributed by atoms with Crippen molar-refractivity contribution in [2.24, 2.45) is 5.92 Å². The Morgan fingerprint density at radius 1 is 1.33 bits per heavy atom. The molecule has 0 radical (unpaired) electrons. The number of nitrogens with zero attached hydrogens (tertiary/aromatic N) is 1. The lowest BCUT2D eigenvalue weighted by molar-refractivity contribution is -0.383. The van der Waals surface area contributed by atoms with Gasteiger partial charge in [-0.05, 0) is 25.3 Å². The molecule has 0 aliphatic heterocycles. The lowest BCUT2D eigenvalue weighted by Crippen LogP contribution is -2.33. The molecule has 0 fully saturated rings. The molecule has 0 aliphatic rings. The van der Waals surface area contributed by atoms with Gasteiger partial charge in [-0.25, -0.2) is 0 Å². The molecule has 1 rings (SSSR count). The van der Waals surface area contributed by atoms with Crippen LogP contribution in [0.5, 0.6) is 0 Å². The van der Waals surface area contributed by atoms with Gasteiger partial charge in [-0.2, -0.15) is 0 Å². The molecule has 6 heteroatoms. The highest BCUT2D eigenvalue weighted by molar-refractivity contribution is 6.01. The second-order valence-corrected chi connectivity index (χ2v) is 5.69. The predicted octanol–water partition coefficient (Wildman–Crippen LogP) is 3.12. The van der Waals surface area contributed by atoms with Gasteiger partial charge in [-0.15, -0.1) is 0 Å². The summed E-state index contributed by atoms with van der Waals surface area (Å²) in [7, 11) is 0. The SMILES string of the molecule is CC(C)CCCC(C)NC(=O)c1cccc([N+](=O)[O-])c1N. The van der Waals surface area contributed by atoms with Crippen molar-refractivity contribution in [3.8, 4) is 0 Å². The zero-order valence-electron chi connectivity index (χ0n) is 12.8. The highest BCUT2D eigenvalue weighted by Crippen LogP contribution is 2.24. The number of nitrogens with one attached hydrogen (secondary N) is 1. The minimum atomic E-state index is -0.585. The van der Waals surface area contributed by atoms with Crippen LogP contribution in [0, 0.1) is 16.0 Å². The molecule has 0 aliphatic carbocycles. The van der Waals surface area contributed by atoms with Gasteiger partial charge in [0.05, 0.1) is 10.5 Å². The monoisotopic (exact) mass is 293 g/mol. The number of nitrogen functional groups attached to an aromatic ring is 1. The quantitative estimate of drug-likeness (QED) is 0.458. The number of amides is 1. The van der Waals surface area contributed by atoms with E-state index in [-0.39, 0.29) is 28.9 Å². The number of nitro groups is 1. The first-order chi connectivity index (χ1) is 9.82. The maximum absolute atomic E-state index is 12.1. The van der Waals surface area contributed by atoms with E-state index in [9.17, 15) is 14.9 Å². The van der Waals surface area contributed by atoms with Crippen LogP contribution in [0.1, 0.15) is 50.4 Å². The van der Waals surface area contributed by atoms with Crippen LogP contribution >= 0.6 is 0 Å². The fraction of sp³-hybridized carbons (Fsp3) is 0.533. The number of rotatable bonds is 7. The average molecular weight is 293 g/mol. The average Bonchev–Trinajstić information content (AvgIpc) is 2.37. The molecule has 3 N–H and O–H groups in total. The fourth-order valence-electron chi connectivity index (χ4n) is 2.12. The van der Waals surface area contributed by atoms with E-state index in [4.69, 9.17) is 5.73 Å². The number of para-hydroxylation sites is 1. The molecule has 1 atom stereocenters. The van der Waals surface area contributed by atoms with E-state index in [1.54, 1.807) is 0 Å².